The summed E-state index contributed by atoms with van der Waals surface area (Å²) >= 11 is 3.51. The van der Waals surface area contributed by atoms with Crippen LogP contribution in [0.5, 0.6) is 0 Å². The van der Waals surface area contributed by atoms with Gasteiger partial charge in [-0.05, 0) is 60.2 Å². The zero-order valence-electron chi connectivity index (χ0n) is 14.4. The van der Waals surface area contributed by atoms with Gasteiger partial charge in [-0.1, -0.05) is 34.1 Å². The topological polar surface area (TPSA) is 54.3 Å². The second kappa shape index (κ2) is 7.29. The molecule has 27 heavy (non-hydrogen) atoms. The third-order valence-electron chi connectivity index (χ3n) is 4.45. The van der Waals surface area contributed by atoms with Gasteiger partial charge >= 0.3 is 5.97 Å². The number of carboxylic acids is 1. The smallest absolute Gasteiger partial charge is 0.335 e. The summed E-state index contributed by atoms with van der Waals surface area (Å²) in [5.41, 5.74) is 4.42. The second-order valence-electron chi connectivity index (χ2n) is 6.30. The lowest BCUT2D eigenvalue weighted by Crippen LogP contribution is -2.02. The van der Waals surface area contributed by atoms with E-state index in [0.29, 0.717) is 6.54 Å². The summed E-state index contributed by atoms with van der Waals surface area (Å²) in [5, 5.41) is 13.6. The van der Waals surface area contributed by atoms with Crippen LogP contribution in [0.4, 0.5) is 5.69 Å². The third-order valence-corrected chi connectivity index (χ3v) is 4.94. The molecule has 1 aromatic heterocycles. The van der Waals surface area contributed by atoms with Crippen molar-refractivity contribution in [2.45, 2.75) is 6.54 Å². The number of rotatable bonds is 5. The van der Waals surface area contributed by atoms with Crippen LogP contribution < -0.4 is 5.32 Å². The number of aromatic carboxylic acids is 1. The molecule has 1 heterocycles. The number of benzene rings is 3. The molecule has 4 nitrogen and oxygen atoms in total. The van der Waals surface area contributed by atoms with Crippen molar-refractivity contribution in [2.75, 3.05) is 5.32 Å². The standard InChI is InChI=1S/C22H17BrN2O2/c23-18-7-8-21-16(12-18)9-10-25(21)20-6-1-3-15(11-20)14-24-19-5-2-4-17(13-19)22(26)27/h1-13,24H,14H2,(H,26,27). The van der Waals surface area contributed by atoms with Crippen LogP contribution in [0.2, 0.25) is 0 Å². The Morgan fingerprint density at radius 3 is 2.70 bits per heavy atom. The van der Waals surface area contributed by atoms with Crippen molar-refractivity contribution in [1.29, 1.82) is 0 Å². The van der Waals surface area contributed by atoms with E-state index in [0.717, 1.165) is 26.9 Å². The van der Waals surface area contributed by atoms with Crippen molar-refractivity contribution in [3.05, 3.63) is 94.6 Å². The van der Waals surface area contributed by atoms with Crippen LogP contribution >= 0.6 is 15.9 Å². The molecule has 0 saturated heterocycles. The maximum atomic E-state index is 11.1. The van der Waals surface area contributed by atoms with Gasteiger partial charge in [0.15, 0.2) is 0 Å². The lowest BCUT2D eigenvalue weighted by Gasteiger charge is -2.10. The van der Waals surface area contributed by atoms with Crippen LogP contribution in [0, 0.1) is 0 Å². The molecule has 5 heteroatoms. The van der Waals surface area contributed by atoms with Crippen molar-refractivity contribution in [2.24, 2.45) is 0 Å². The first-order valence-corrected chi connectivity index (χ1v) is 9.33. The van der Waals surface area contributed by atoms with Crippen LogP contribution in [-0.2, 0) is 6.54 Å². The molecule has 2 N–H and O–H groups in total. The van der Waals surface area contributed by atoms with Crippen molar-refractivity contribution in [3.63, 3.8) is 0 Å². The molecule has 0 fully saturated rings. The Kier molecular flexibility index (Phi) is 4.69. The minimum absolute atomic E-state index is 0.277. The highest BCUT2D eigenvalue weighted by molar-refractivity contribution is 9.10. The number of anilines is 1. The number of nitrogens with zero attached hydrogens (tertiary/aromatic N) is 1. The molecule has 0 amide bonds. The van der Waals surface area contributed by atoms with Gasteiger partial charge in [-0.3, -0.25) is 0 Å². The van der Waals surface area contributed by atoms with Gasteiger partial charge in [-0.2, -0.15) is 0 Å². The molecule has 0 radical (unpaired) electrons. The molecule has 134 valence electrons. The fourth-order valence-electron chi connectivity index (χ4n) is 3.12. The SMILES string of the molecule is O=C(O)c1cccc(NCc2cccc(-n3ccc4cc(Br)ccc43)c2)c1. The fourth-order valence-corrected chi connectivity index (χ4v) is 3.50. The van der Waals surface area contributed by atoms with E-state index in [1.165, 1.54) is 5.39 Å². The van der Waals surface area contributed by atoms with E-state index >= 15 is 0 Å². The fraction of sp³-hybridized carbons (Fsp3) is 0.0455. The maximum Gasteiger partial charge on any atom is 0.335 e. The molecular formula is C22H17BrN2O2. The van der Waals surface area contributed by atoms with E-state index in [1.807, 2.05) is 18.2 Å². The lowest BCUT2D eigenvalue weighted by molar-refractivity contribution is 0.0697. The Hall–Kier alpha value is -3.05. The van der Waals surface area contributed by atoms with Crippen LogP contribution in [0.15, 0.2) is 83.5 Å². The van der Waals surface area contributed by atoms with Gasteiger partial charge in [0.25, 0.3) is 0 Å². The van der Waals surface area contributed by atoms with E-state index in [2.05, 4.69) is 68.4 Å². The minimum Gasteiger partial charge on any atom is -0.478 e. The van der Waals surface area contributed by atoms with Gasteiger partial charge in [0, 0.05) is 34.0 Å². The molecule has 0 unspecified atom stereocenters. The van der Waals surface area contributed by atoms with E-state index in [-0.39, 0.29) is 5.56 Å². The average molecular weight is 421 g/mol. The number of fused-ring (bicyclic) bond motifs is 1. The van der Waals surface area contributed by atoms with Crippen LogP contribution in [0.3, 0.4) is 0 Å². The van der Waals surface area contributed by atoms with Gasteiger partial charge < -0.3 is 15.0 Å². The Bertz CT molecular complexity index is 1130. The van der Waals surface area contributed by atoms with Crippen molar-refractivity contribution < 1.29 is 9.90 Å². The van der Waals surface area contributed by atoms with Gasteiger partial charge in [-0.15, -0.1) is 0 Å². The zero-order valence-corrected chi connectivity index (χ0v) is 16.0. The molecule has 3 aromatic carbocycles. The molecule has 0 aliphatic rings. The number of halogens is 1. The monoisotopic (exact) mass is 420 g/mol. The zero-order chi connectivity index (χ0) is 18.8. The number of hydrogen-bond acceptors (Lipinski definition) is 2. The second-order valence-corrected chi connectivity index (χ2v) is 7.21. The van der Waals surface area contributed by atoms with E-state index in [4.69, 9.17) is 5.11 Å². The number of hydrogen-bond donors (Lipinski definition) is 2. The van der Waals surface area contributed by atoms with Crippen LogP contribution in [0.1, 0.15) is 15.9 Å². The Balaban J connectivity index is 1.57. The lowest BCUT2D eigenvalue weighted by atomic mass is 10.1. The summed E-state index contributed by atoms with van der Waals surface area (Å²) in [5.74, 6) is -0.924. The van der Waals surface area contributed by atoms with Gasteiger partial charge in [0.05, 0.1) is 11.1 Å². The number of aromatic nitrogens is 1. The third kappa shape index (κ3) is 3.73. The predicted molar refractivity (Wildman–Crippen MR) is 112 cm³/mol. The predicted octanol–water partition coefficient (Wildman–Crippen LogP) is 5.70. The summed E-state index contributed by atoms with van der Waals surface area (Å²) in [6.45, 7) is 0.613. The number of nitrogens with one attached hydrogen (secondary N) is 1. The summed E-state index contributed by atoms with van der Waals surface area (Å²) < 4.78 is 3.23. The molecule has 4 aromatic rings. The maximum absolute atomic E-state index is 11.1. The number of carbonyl (C=O) groups is 1. The quantitative estimate of drug-likeness (QED) is 0.435. The minimum atomic E-state index is -0.924. The molecule has 0 saturated carbocycles. The first kappa shape index (κ1) is 17.4. The van der Waals surface area contributed by atoms with Gasteiger partial charge in [0.1, 0.15) is 0 Å². The molecule has 0 aliphatic heterocycles. The summed E-state index contributed by atoms with van der Waals surface area (Å²) in [6.07, 6.45) is 2.07. The van der Waals surface area contributed by atoms with Crippen LogP contribution in [-0.4, -0.2) is 15.6 Å². The highest BCUT2D eigenvalue weighted by Gasteiger charge is 2.06. The largest absolute Gasteiger partial charge is 0.478 e. The Morgan fingerprint density at radius 1 is 1.00 bits per heavy atom. The molecule has 0 aliphatic carbocycles. The van der Waals surface area contributed by atoms with Crippen LogP contribution in [0.25, 0.3) is 16.6 Å². The molecule has 0 atom stereocenters. The van der Waals surface area contributed by atoms with Gasteiger partial charge in [0.2, 0.25) is 0 Å². The van der Waals surface area contributed by atoms with Gasteiger partial charge in [-0.25, -0.2) is 4.79 Å². The van der Waals surface area contributed by atoms with E-state index in [1.54, 1.807) is 18.2 Å². The first-order chi connectivity index (χ1) is 13.1. The number of carboxylic acid groups (broad SMARTS) is 1. The normalized spacial score (nSPS) is 10.9. The summed E-state index contributed by atoms with van der Waals surface area (Å²) in [7, 11) is 0. The molecule has 0 bridgehead atoms. The van der Waals surface area contributed by atoms with E-state index < -0.39 is 5.97 Å². The molecular weight excluding hydrogens is 404 g/mol. The summed E-state index contributed by atoms with van der Waals surface area (Å²) in [4.78, 5) is 11.1. The highest BCUT2D eigenvalue weighted by Crippen LogP contribution is 2.24. The van der Waals surface area contributed by atoms with Crippen molar-refractivity contribution >= 4 is 38.5 Å². The highest BCUT2D eigenvalue weighted by atomic mass is 79.9. The van der Waals surface area contributed by atoms with E-state index in [9.17, 15) is 4.79 Å². The molecule has 4 rings (SSSR count). The van der Waals surface area contributed by atoms with Crippen molar-refractivity contribution in [1.82, 2.24) is 4.57 Å². The summed E-state index contributed by atoms with van der Waals surface area (Å²) in [6, 6.07) is 23.5. The first-order valence-electron chi connectivity index (χ1n) is 8.53. The Labute approximate surface area is 165 Å². The Morgan fingerprint density at radius 2 is 1.85 bits per heavy atom. The van der Waals surface area contributed by atoms with Crippen molar-refractivity contribution in [3.8, 4) is 5.69 Å². The average Bonchev–Trinajstić information content (AvgIpc) is 3.10. The molecule has 0 spiro atoms.